The SMILES string of the molecule is C[C@](O)(CC(O)C(O)CO)c1ccc2c(c1)CC2. The van der Waals surface area contributed by atoms with Crippen LogP contribution < -0.4 is 0 Å². The minimum absolute atomic E-state index is 0.00644. The highest BCUT2D eigenvalue weighted by Gasteiger charge is 2.30. The predicted octanol–water partition coefficient (Wildman–Crippen LogP) is 0.0969. The minimum atomic E-state index is -1.22. The number of aliphatic hydroxyl groups is 4. The molecule has 0 saturated heterocycles. The number of fused-ring (bicyclic) bond motifs is 1. The first-order valence-electron chi connectivity index (χ1n) is 6.25. The third-order valence-electron chi connectivity index (χ3n) is 3.73. The molecule has 2 rings (SSSR count). The topological polar surface area (TPSA) is 80.9 Å². The maximum absolute atomic E-state index is 10.4. The molecule has 0 aliphatic heterocycles. The third-order valence-corrected chi connectivity index (χ3v) is 3.73. The Morgan fingerprint density at radius 3 is 2.33 bits per heavy atom. The molecule has 3 atom stereocenters. The van der Waals surface area contributed by atoms with E-state index < -0.39 is 24.4 Å². The number of rotatable bonds is 5. The maximum atomic E-state index is 10.4. The molecule has 18 heavy (non-hydrogen) atoms. The van der Waals surface area contributed by atoms with Crippen LogP contribution in [-0.2, 0) is 18.4 Å². The van der Waals surface area contributed by atoms with Gasteiger partial charge in [-0.15, -0.1) is 0 Å². The second-order valence-electron chi connectivity index (χ2n) is 5.28. The zero-order valence-electron chi connectivity index (χ0n) is 10.5. The summed E-state index contributed by atoms with van der Waals surface area (Å²) in [5, 5.41) is 38.2. The Balaban J connectivity index is 2.11. The molecule has 0 amide bonds. The second-order valence-corrected chi connectivity index (χ2v) is 5.28. The summed E-state index contributed by atoms with van der Waals surface area (Å²) in [6.07, 6.45) is -0.253. The van der Waals surface area contributed by atoms with Crippen molar-refractivity contribution in [3.8, 4) is 0 Å². The maximum Gasteiger partial charge on any atom is 0.103 e. The second kappa shape index (κ2) is 4.97. The molecule has 2 unspecified atom stereocenters. The van der Waals surface area contributed by atoms with Crippen LogP contribution >= 0.6 is 0 Å². The summed E-state index contributed by atoms with van der Waals surface area (Å²) in [6, 6.07) is 5.81. The van der Waals surface area contributed by atoms with Crippen LogP contribution in [0.25, 0.3) is 0 Å². The Hall–Kier alpha value is -0.940. The van der Waals surface area contributed by atoms with Gasteiger partial charge >= 0.3 is 0 Å². The molecular weight excluding hydrogens is 232 g/mol. The molecule has 0 saturated carbocycles. The fraction of sp³-hybridized carbons (Fsp3) is 0.571. The molecule has 0 heterocycles. The van der Waals surface area contributed by atoms with Crippen molar-refractivity contribution in [2.75, 3.05) is 6.61 Å². The van der Waals surface area contributed by atoms with Crippen LogP contribution in [0.15, 0.2) is 18.2 Å². The highest BCUT2D eigenvalue weighted by Crippen LogP contribution is 2.31. The van der Waals surface area contributed by atoms with Gasteiger partial charge in [-0.3, -0.25) is 0 Å². The average molecular weight is 252 g/mol. The average Bonchev–Trinajstić information content (AvgIpc) is 2.28. The zero-order valence-corrected chi connectivity index (χ0v) is 10.5. The van der Waals surface area contributed by atoms with Crippen molar-refractivity contribution < 1.29 is 20.4 Å². The van der Waals surface area contributed by atoms with Gasteiger partial charge in [0.2, 0.25) is 0 Å². The zero-order chi connectivity index (χ0) is 13.3. The Labute approximate surface area is 107 Å². The molecule has 1 aromatic carbocycles. The number of hydrogen-bond acceptors (Lipinski definition) is 4. The third kappa shape index (κ3) is 2.57. The number of aryl methyl sites for hydroxylation is 2. The van der Waals surface area contributed by atoms with Gasteiger partial charge in [-0.1, -0.05) is 18.2 Å². The summed E-state index contributed by atoms with van der Waals surface area (Å²) >= 11 is 0. The highest BCUT2D eigenvalue weighted by molar-refractivity contribution is 5.40. The lowest BCUT2D eigenvalue weighted by Crippen LogP contribution is -2.36. The van der Waals surface area contributed by atoms with Crippen molar-refractivity contribution in [3.05, 3.63) is 34.9 Å². The fourth-order valence-corrected chi connectivity index (χ4v) is 2.31. The van der Waals surface area contributed by atoms with Crippen LogP contribution in [0, 0.1) is 0 Å². The van der Waals surface area contributed by atoms with Crippen molar-refractivity contribution in [2.24, 2.45) is 0 Å². The monoisotopic (exact) mass is 252 g/mol. The van der Waals surface area contributed by atoms with E-state index in [1.165, 1.54) is 11.1 Å². The summed E-state index contributed by atoms with van der Waals surface area (Å²) < 4.78 is 0. The standard InChI is InChI=1S/C14H20O4/c1-14(18,7-12(16)13(17)8-15)11-5-4-9-2-3-10(9)6-11/h4-6,12-13,15-18H,2-3,7-8H2,1H3/t12?,13?,14-/m0/s1. The molecule has 0 aromatic heterocycles. The molecule has 4 nitrogen and oxygen atoms in total. The van der Waals surface area contributed by atoms with E-state index in [0.29, 0.717) is 0 Å². The Bertz CT molecular complexity index is 428. The largest absolute Gasteiger partial charge is 0.394 e. The van der Waals surface area contributed by atoms with Gasteiger partial charge in [0.15, 0.2) is 0 Å². The molecule has 1 aromatic rings. The molecule has 4 N–H and O–H groups in total. The summed E-state index contributed by atoms with van der Waals surface area (Å²) in [7, 11) is 0. The van der Waals surface area contributed by atoms with E-state index >= 15 is 0 Å². The first kappa shape index (κ1) is 13.5. The van der Waals surface area contributed by atoms with E-state index in [1.807, 2.05) is 18.2 Å². The van der Waals surface area contributed by atoms with Crippen LogP contribution in [0.1, 0.15) is 30.0 Å². The van der Waals surface area contributed by atoms with E-state index in [4.69, 9.17) is 5.11 Å². The molecule has 100 valence electrons. The van der Waals surface area contributed by atoms with Gasteiger partial charge in [-0.2, -0.15) is 0 Å². The van der Waals surface area contributed by atoms with E-state index in [-0.39, 0.29) is 6.42 Å². The van der Waals surface area contributed by atoms with Crippen LogP contribution in [-0.4, -0.2) is 39.2 Å². The van der Waals surface area contributed by atoms with Crippen molar-refractivity contribution in [1.29, 1.82) is 0 Å². The van der Waals surface area contributed by atoms with Gasteiger partial charge in [-0.05, 0) is 36.5 Å². The Morgan fingerprint density at radius 2 is 1.83 bits per heavy atom. The van der Waals surface area contributed by atoms with Gasteiger partial charge in [0, 0.05) is 6.42 Å². The summed E-state index contributed by atoms with van der Waals surface area (Å²) in [4.78, 5) is 0. The number of benzene rings is 1. The van der Waals surface area contributed by atoms with Crippen molar-refractivity contribution in [2.45, 2.75) is 44.0 Å². The molecule has 0 spiro atoms. The van der Waals surface area contributed by atoms with Crippen molar-refractivity contribution >= 4 is 0 Å². The lowest BCUT2D eigenvalue weighted by Gasteiger charge is -2.30. The van der Waals surface area contributed by atoms with Gasteiger partial charge in [0.25, 0.3) is 0 Å². The van der Waals surface area contributed by atoms with Gasteiger partial charge in [-0.25, -0.2) is 0 Å². The van der Waals surface area contributed by atoms with Crippen LogP contribution in [0.2, 0.25) is 0 Å². The summed E-state index contributed by atoms with van der Waals surface area (Å²) in [5.74, 6) is 0. The summed E-state index contributed by atoms with van der Waals surface area (Å²) in [6.45, 7) is 1.10. The Morgan fingerprint density at radius 1 is 1.17 bits per heavy atom. The molecular formula is C14H20O4. The van der Waals surface area contributed by atoms with Gasteiger partial charge in [0.05, 0.1) is 18.3 Å². The van der Waals surface area contributed by atoms with Crippen LogP contribution in [0.5, 0.6) is 0 Å². The molecule has 1 aliphatic rings. The minimum Gasteiger partial charge on any atom is -0.394 e. The van der Waals surface area contributed by atoms with Crippen LogP contribution in [0.3, 0.4) is 0 Å². The quantitative estimate of drug-likeness (QED) is 0.599. The molecule has 4 heteroatoms. The lowest BCUT2D eigenvalue weighted by molar-refractivity contribution is -0.0646. The molecule has 1 aliphatic carbocycles. The van der Waals surface area contributed by atoms with Gasteiger partial charge in [0.1, 0.15) is 6.10 Å². The molecule has 0 fully saturated rings. The molecule has 0 bridgehead atoms. The van der Waals surface area contributed by atoms with E-state index in [2.05, 4.69) is 0 Å². The fourth-order valence-electron chi connectivity index (χ4n) is 2.31. The Kier molecular flexibility index (Phi) is 3.73. The van der Waals surface area contributed by atoms with Crippen molar-refractivity contribution in [1.82, 2.24) is 0 Å². The molecule has 0 radical (unpaired) electrons. The van der Waals surface area contributed by atoms with Gasteiger partial charge < -0.3 is 20.4 Å². The van der Waals surface area contributed by atoms with Crippen LogP contribution in [0.4, 0.5) is 0 Å². The number of hydrogen-bond donors (Lipinski definition) is 4. The first-order valence-corrected chi connectivity index (χ1v) is 6.25. The van der Waals surface area contributed by atoms with Crippen molar-refractivity contribution in [3.63, 3.8) is 0 Å². The highest BCUT2D eigenvalue weighted by atomic mass is 16.4. The van der Waals surface area contributed by atoms with E-state index in [9.17, 15) is 15.3 Å². The first-order chi connectivity index (χ1) is 8.44. The van der Waals surface area contributed by atoms with E-state index in [1.54, 1.807) is 6.92 Å². The number of aliphatic hydroxyl groups excluding tert-OH is 3. The predicted molar refractivity (Wildman–Crippen MR) is 67.1 cm³/mol. The van der Waals surface area contributed by atoms with E-state index in [0.717, 1.165) is 18.4 Å². The summed E-state index contributed by atoms with van der Waals surface area (Å²) in [5.41, 5.74) is 2.08. The lowest BCUT2D eigenvalue weighted by atomic mass is 9.81. The smallest absolute Gasteiger partial charge is 0.103 e. The normalized spacial score (nSPS) is 20.5.